The van der Waals surface area contributed by atoms with E-state index in [2.05, 4.69) is 11.8 Å². The summed E-state index contributed by atoms with van der Waals surface area (Å²) < 4.78 is 5.90. The summed E-state index contributed by atoms with van der Waals surface area (Å²) in [6, 6.07) is 0.281. The van der Waals surface area contributed by atoms with Crippen molar-refractivity contribution in [3.05, 3.63) is 11.4 Å². The fourth-order valence-electron chi connectivity index (χ4n) is 2.65. The predicted octanol–water partition coefficient (Wildman–Crippen LogP) is 4.98. The van der Waals surface area contributed by atoms with Crippen LogP contribution in [0.4, 0.5) is 0 Å². The van der Waals surface area contributed by atoms with Gasteiger partial charge in [-0.15, -0.1) is 0 Å². The molecule has 1 rings (SSSR count). The minimum atomic E-state index is 0.281. The Kier molecular flexibility index (Phi) is 8.94. The van der Waals surface area contributed by atoms with E-state index in [1.807, 2.05) is 0 Å². The highest BCUT2D eigenvalue weighted by atomic mass is 16.5. The molecule has 0 spiro atoms. The molecule has 1 aliphatic carbocycles. The molecule has 0 aromatic carbocycles. The molecule has 0 aliphatic heterocycles. The molecule has 1 aliphatic rings. The number of hydrogen-bond donors (Lipinski definition) is 0. The molecular formula is C16H29NO. The van der Waals surface area contributed by atoms with Gasteiger partial charge in [-0.25, -0.2) is 6.57 Å². The first kappa shape index (κ1) is 15.5. The van der Waals surface area contributed by atoms with Crippen molar-refractivity contribution < 1.29 is 4.74 Å². The van der Waals surface area contributed by atoms with Crippen molar-refractivity contribution in [3.8, 4) is 0 Å². The summed E-state index contributed by atoms with van der Waals surface area (Å²) >= 11 is 0. The van der Waals surface area contributed by atoms with Gasteiger partial charge in [0.05, 0.1) is 6.10 Å². The van der Waals surface area contributed by atoms with Crippen LogP contribution in [0.5, 0.6) is 0 Å². The lowest BCUT2D eigenvalue weighted by Crippen LogP contribution is -2.23. The molecule has 0 heterocycles. The van der Waals surface area contributed by atoms with Gasteiger partial charge in [-0.2, -0.15) is 0 Å². The first-order valence-corrected chi connectivity index (χ1v) is 7.85. The molecule has 0 bridgehead atoms. The number of rotatable bonds is 9. The fraction of sp³-hybridized carbons (Fsp3) is 0.938. The predicted molar refractivity (Wildman–Crippen MR) is 76.6 cm³/mol. The second-order valence-electron chi connectivity index (χ2n) is 5.55. The summed E-state index contributed by atoms with van der Waals surface area (Å²) in [5, 5.41) is 0. The second kappa shape index (κ2) is 10.4. The van der Waals surface area contributed by atoms with Crippen LogP contribution >= 0.6 is 0 Å². The van der Waals surface area contributed by atoms with E-state index in [1.165, 1.54) is 44.9 Å². The van der Waals surface area contributed by atoms with Gasteiger partial charge in [0.15, 0.2) is 0 Å². The van der Waals surface area contributed by atoms with Gasteiger partial charge in [-0.1, -0.05) is 45.4 Å². The van der Waals surface area contributed by atoms with Crippen molar-refractivity contribution in [3.63, 3.8) is 0 Å². The molecule has 1 fully saturated rings. The fourth-order valence-corrected chi connectivity index (χ4v) is 2.65. The Balaban J connectivity index is 1.85. The lowest BCUT2D eigenvalue weighted by molar-refractivity contribution is 0.0252. The van der Waals surface area contributed by atoms with Gasteiger partial charge in [0, 0.05) is 19.4 Å². The van der Waals surface area contributed by atoms with E-state index in [4.69, 9.17) is 11.3 Å². The first-order chi connectivity index (χ1) is 8.86. The molecule has 0 N–H and O–H groups in total. The van der Waals surface area contributed by atoms with Crippen LogP contribution in [0.15, 0.2) is 0 Å². The number of unbranched alkanes of at least 4 members (excludes halogenated alkanes) is 6. The summed E-state index contributed by atoms with van der Waals surface area (Å²) in [6.45, 7) is 10.2. The Morgan fingerprint density at radius 2 is 1.56 bits per heavy atom. The molecule has 0 amide bonds. The second-order valence-corrected chi connectivity index (χ2v) is 5.55. The molecule has 0 radical (unpaired) electrons. The maximum Gasteiger partial charge on any atom is 0.223 e. The Labute approximate surface area is 113 Å². The first-order valence-electron chi connectivity index (χ1n) is 7.85. The highest BCUT2D eigenvalue weighted by molar-refractivity contribution is 4.84. The molecule has 2 nitrogen and oxygen atoms in total. The average Bonchev–Trinajstić information content (AvgIpc) is 2.42. The topological polar surface area (TPSA) is 13.6 Å². The SMILES string of the molecule is [C-]#[N+]C1CCC(OCCCCCCCCC)CC1. The van der Waals surface area contributed by atoms with Crippen molar-refractivity contribution in [1.82, 2.24) is 0 Å². The molecule has 0 atom stereocenters. The Morgan fingerprint density at radius 1 is 0.944 bits per heavy atom. The van der Waals surface area contributed by atoms with Crippen LogP contribution < -0.4 is 0 Å². The summed E-state index contributed by atoms with van der Waals surface area (Å²) in [7, 11) is 0. The molecule has 2 heteroatoms. The van der Waals surface area contributed by atoms with Crippen molar-refractivity contribution in [2.24, 2.45) is 0 Å². The van der Waals surface area contributed by atoms with Gasteiger partial charge in [-0.3, -0.25) is 0 Å². The molecule has 104 valence electrons. The van der Waals surface area contributed by atoms with Gasteiger partial charge in [0.2, 0.25) is 6.04 Å². The monoisotopic (exact) mass is 251 g/mol. The van der Waals surface area contributed by atoms with Crippen molar-refractivity contribution >= 4 is 0 Å². The third-order valence-electron chi connectivity index (χ3n) is 3.93. The largest absolute Gasteiger partial charge is 0.378 e. The quantitative estimate of drug-likeness (QED) is 0.416. The third-order valence-corrected chi connectivity index (χ3v) is 3.93. The van der Waals surface area contributed by atoms with E-state index in [-0.39, 0.29) is 6.04 Å². The van der Waals surface area contributed by atoms with Crippen LogP contribution in [0.25, 0.3) is 4.85 Å². The van der Waals surface area contributed by atoms with Crippen LogP contribution in [0, 0.1) is 6.57 Å². The van der Waals surface area contributed by atoms with Crippen LogP contribution in [-0.4, -0.2) is 18.8 Å². The third kappa shape index (κ3) is 7.01. The summed E-state index contributed by atoms with van der Waals surface area (Å²) in [5.74, 6) is 0. The molecule has 0 aromatic heterocycles. The highest BCUT2D eigenvalue weighted by Gasteiger charge is 2.24. The Hall–Kier alpha value is -0.550. The molecule has 18 heavy (non-hydrogen) atoms. The van der Waals surface area contributed by atoms with Crippen molar-refractivity contribution in [1.29, 1.82) is 0 Å². The van der Waals surface area contributed by atoms with Gasteiger partial charge >= 0.3 is 0 Å². The number of nitrogens with zero attached hydrogens (tertiary/aromatic N) is 1. The number of ether oxygens (including phenoxy) is 1. The van der Waals surface area contributed by atoms with E-state index in [0.717, 1.165) is 32.3 Å². The van der Waals surface area contributed by atoms with Crippen molar-refractivity contribution in [2.45, 2.75) is 89.7 Å². The average molecular weight is 251 g/mol. The zero-order valence-electron chi connectivity index (χ0n) is 12.0. The Bertz CT molecular complexity index is 226. The normalized spacial score (nSPS) is 23.8. The van der Waals surface area contributed by atoms with E-state index < -0.39 is 0 Å². The van der Waals surface area contributed by atoms with Crippen LogP contribution in [0.2, 0.25) is 0 Å². The zero-order chi connectivity index (χ0) is 13.1. The molecular weight excluding hydrogens is 222 g/mol. The number of hydrogen-bond acceptors (Lipinski definition) is 1. The van der Waals surface area contributed by atoms with E-state index in [1.54, 1.807) is 0 Å². The molecule has 1 saturated carbocycles. The van der Waals surface area contributed by atoms with Crippen LogP contribution in [0.1, 0.15) is 77.6 Å². The van der Waals surface area contributed by atoms with Crippen LogP contribution in [-0.2, 0) is 4.74 Å². The highest BCUT2D eigenvalue weighted by Crippen LogP contribution is 2.23. The van der Waals surface area contributed by atoms with Gasteiger partial charge in [0.1, 0.15) is 0 Å². The summed E-state index contributed by atoms with van der Waals surface area (Å²) in [6.07, 6.45) is 14.2. The van der Waals surface area contributed by atoms with E-state index in [9.17, 15) is 0 Å². The van der Waals surface area contributed by atoms with Gasteiger partial charge in [0.25, 0.3) is 0 Å². The maximum absolute atomic E-state index is 7.01. The van der Waals surface area contributed by atoms with Crippen molar-refractivity contribution in [2.75, 3.05) is 6.61 Å². The maximum atomic E-state index is 7.01. The van der Waals surface area contributed by atoms with Gasteiger partial charge < -0.3 is 9.58 Å². The molecule has 0 aromatic rings. The standard InChI is InChI=1S/C16H29NO/c1-3-4-5-6-7-8-9-14-18-16-12-10-15(17-2)11-13-16/h15-16H,3-14H2,1H3. The lowest BCUT2D eigenvalue weighted by Gasteiger charge is -2.22. The molecule has 0 unspecified atom stereocenters. The molecule has 0 saturated heterocycles. The smallest absolute Gasteiger partial charge is 0.223 e. The summed E-state index contributed by atoms with van der Waals surface area (Å²) in [5.41, 5.74) is 0. The minimum absolute atomic E-state index is 0.281. The van der Waals surface area contributed by atoms with E-state index >= 15 is 0 Å². The van der Waals surface area contributed by atoms with E-state index in [0.29, 0.717) is 6.10 Å². The summed E-state index contributed by atoms with van der Waals surface area (Å²) in [4.78, 5) is 3.62. The minimum Gasteiger partial charge on any atom is -0.378 e. The Morgan fingerprint density at radius 3 is 2.17 bits per heavy atom. The van der Waals surface area contributed by atoms with Crippen LogP contribution in [0.3, 0.4) is 0 Å². The van der Waals surface area contributed by atoms with Gasteiger partial charge in [-0.05, 0) is 19.3 Å². The zero-order valence-corrected chi connectivity index (χ0v) is 12.0. The lowest BCUT2D eigenvalue weighted by atomic mass is 9.93.